The molecule has 0 aliphatic heterocycles. The van der Waals surface area contributed by atoms with E-state index in [9.17, 15) is 4.79 Å². The summed E-state index contributed by atoms with van der Waals surface area (Å²) in [5, 5.41) is 2.58. The van der Waals surface area contributed by atoms with Crippen LogP contribution in [0.5, 0.6) is 5.75 Å². The van der Waals surface area contributed by atoms with Crippen LogP contribution in [-0.2, 0) is 4.79 Å². The van der Waals surface area contributed by atoms with Gasteiger partial charge in [-0.1, -0.05) is 11.8 Å². The first-order valence-corrected chi connectivity index (χ1v) is 5.27. The first kappa shape index (κ1) is 13.1. The zero-order valence-corrected chi connectivity index (χ0v) is 10.0. The number of hydrogen-bond donors (Lipinski definition) is 2. The van der Waals surface area contributed by atoms with Crippen LogP contribution in [0.25, 0.3) is 0 Å². The minimum absolute atomic E-state index is 0.0106. The quantitative estimate of drug-likeness (QED) is 0.743. The largest absolute Gasteiger partial charge is 0.496 e. The van der Waals surface area contributed by atoms with Gasteiger partial charge in [-0.3, -0.25) is 4.79 Å². The van der Waals surface area contributed by atoms with Crippen molar-refractivity contribution in [3.63, 3.8) is 0 Å². The lowest BCUT2D eigenvalue weighted by Gasteiger charge is -2.03. The van der Waals surface area contributed by atoms with E-state index < -0.39 is 0 Å². The van der Waals surface area contributed by atoms with Gasteiger partial charge in [-0.15, -0.1) is 0 Å². The number of benzene rings is 1. The van der Waals surface area contributed by atoms with Gasteiger partial charge in [-0.05, 0) is 30.7 Å². The van der Waals surface area contributed by atoms with Gasteiger partial charge < -0.3 is 15.8 Å². The maximum Gasteiger partial charge on any atom is 0.234 e. The maximum atomic E-state index is 10.8. The Kier molecular flexibility index (Phi) is 5.05. The van der Waals surface area contributed by atoms with Crippen LogP contribution < -0.4 is 15.8 Å². The third-order valence-corrected chi connectivity index (χ3v) is 2.19. The number of aryl methyl sites for hydroxylation is 1. The normalized spacial score (nSPS) is 9.12. The van der Waals surface area contributed by atoms with E-state index in [4.69, 9.17) is 10.5 Å². The van der Waals surface area contributed by atoms with E-state index >= 15 is 0 Å². The number of methoxy groups -OCH3 is 1. The lowest BCUT2D eigenvalue weighted by molar-refractivity contribution is -0.119. The highest BCUT2D eigenvalue weighted by molar-refractivity contribution is 5.77. The molecule has 1 rings (SSSR count). The number of ether oxygens (including phenoxy) is 1. The molecule has 0 fully saturated rings. The maximum absolute atomic E-state index is 10.8. The molecule has 0 spiro atoms. The van der Waals surface area contributed by atoms with Crippen molar-refractivity contribution in [1.29, 1.82) is 0 Å². The topological polar surface area (TPSA) is 64.3 Å². The molecule has 0 aliphatic rings. The first-order chi connectivity index (χ1) is 8.17. The van der Waals surface area contributed by atoms with E-state index in [1.165, 1.54) is 0 Å². The lowest BCUT2D eigenvalue weighted by atomic mass is 10.1. The Hall–Kier alpha value is -1.99. The third-order valence-electron chi connectivity index (χ3n) is 2.19. The Bertz CT molecular complexity index is 458. The fourth-order valence-corrected chi connectivity index (χ4v) is 1.32. The second-order valence-electron chi connectivity index (χ2n) is 3.47. The standard InChI is InChI=1S/C13H16N2O2/c1-10-8-11(5-6-12(10)17-2)4-3-7-15-13(16)9-14/h5-6,8H,7,9,14H2,1-2H3,(H,15,16). The van der Waals surface area contributed by atoms with Gasteiger partial charge in [-0.2, -0.15) is 0 Å². The molecule has 0 unspecified atom stereocenters. The number of carbonyl (C=O) groups excluding carboxylic acids is 1. The van der Waals surface area contributed by atoms with Crippen LogP contribution in [0, 0.1) is 18.8 Å². The summed E-state index contributed by atoms with van der Waals surface area (Å²) in [6, 6.07) is 5.69. The van der Waals surface area contributed by atoms with Gasteiger partial charge in [-0.25, -0.2) is 0 Å². The molecule has 0 bridgehead atoms. The summed E-state index contributed by atoms with van der Waals surface area (Å²) in [7, 11) is 1.63. The zero-order chi connectivity index (χ0) is 12.7. The SMILES string of the molecule is COc1ccc(C#CCNC(=O)CN)cc1C. The van der Waals surface area contributed by atoms with Gasteiger partial charge in [0.25, 0.3) is 0 Å². The molecule has 0 aromatic heterocycles. The van der Waals surface area contributed by atoms with Crippen molar-refractivity contribution in [1.82, 2.24) is 5.32 Å². The average Bonchev–Trinajstić information content (AvgIpc) is 2.34. The Morgan fingerprint density at radius 1 is 1.53 bits per heavy atom. The van der Waals surface area contributed by atoms with Crippen molar-refractivity contribution < 1.29 is 9.53 Å². The Morgan fingerprint density at radius 3 is 2.88 bits per heavy atom. The predicted molar refractivity (Wildman–Crippen MR) is 66.7 cm³/mol. The number of nitrogens with two attached hydrogens (primary N) is 1. The summed E-state index contributed by atoms with van der Waals surface area (Å²) in [4.78, 5) is 10.8. The highest BCUT2D eigenvalue weighted by Gasteiger charge is 1.97. The monoisotopic (exact) mass is 232 g/mol. The first-order valence-electron chi connectivity index (χ1n) is 5.27. The Balaban J connectivity index is 2.60. The summed E-state index contributed by atoms with van der Waals surface area (Å²) in [5.74, 6) is 6.44. The van der Waals surface area contributed by atoms with E-state index in [0.717, 1.165) is 16.9 Å². The van der Waals surface area contributed by atoms with Crippen LogP contribution in [0.15, 0.2) is 18.2 Å². The van der Waals surface area contributed by atoms with Crippen molar-refractivity contribution in [2.24, 2.45) is 5.73 Å². The molecular weight excluding hydrogens is 216 g/mol. The molecule has 0 aliphatic carbocycles. The van der Waals surface area contributed by atoms with E-state index in [1.54, 1.807) is 7.11 Å². The highest BCUT2D eigenvalue weighted by atomic mass is 16.5. The van der Waals surface area contributed by atoms with Crippen molar-refractivity contribution in [2.75, 3.05) is 20.2 Å². The summed E-state index contributed by atoms with van der Waals surface area (Å²) in [6.07, 6.45) is 0. The number of hydrogen-bond acceptors (Lipinski definition) is 3. The van der Waals surface area contributed by atoms with Crippen LogP contribution >= 0.6 is 0 Å². The smallest absolute Gasteiger partial charge is 0.234 e. The molecule has 0 saturated carbocycles. The van der Waals surface area contributed by atoms with Crippen LogP contribution in [0.3, 0.4) is 0 Å². The number of carbonyl (C=O) groups is 1. The van der Waals surface area contributed by atoms with Gasteiger partial charge >= 0.3 is 0 Å². The van der Waals surface area contributed by atoms with Gasteiger partial charge in [0.05, 0.1) is 20.2 Å². The lowest BCUT2D eigenvalue weighted by Crippen LogP contribution is -2.30. The Morgan fingerprint density at radius 2 is 2.29 bits per heavy atom. The van der Waals surface area contributed by atoms with Crippen molar-refractivity contribution >= 4 is 5.91 Å². The molecule has 90 valence electrons. The summed E-state index contributed by atoms with van der Waals surface area (Å²) in [6.45, 7) is 2.25. The van der Waals surface area contributed by atoms with Crippen molar-refractivity contribution in [3.8, 4) is 17.6 Å². The molecular formula is C13H16N2O2. The van der Waals surface area contributed by atoms with Gasteiger partial charge in [0.15, 0.2) is 0 Å². The predicted octanol–water partition coefficient (Wildman–Crippen LogP) is 0.430. The minimum atomic E-state index is -0.204. The van der Waals surface area contributed by atoms with Gasteiger partial charge in [0.1, 0.15) is 5.75 Å². The molecule has 4 nitrogen and oxygen atoms in total. The second kappa shape index (κ2) is 6.56. The van der Waals surface area contributed by atoms with Crippen molar-refractivity contribution in [2.45, 2.75) is 6.92 Å². The fourth-order valence-electron chi connectivity index (χ4n) is 1.32. The number of amides is 1. The molecule has 1 amide bonds. The van der Waals surface area contributed by atoms with Crippen LogP contribution in [0.1, 0.15) is 11.1 Å². The fraction of sp³-hybridized carbons (Fsp3) is 0.308. The van der Waals surface area contributed by atoms with E-state index in [-0.39, 0.29) is 12.5 Å². The summed E-state index contributed by atoms with van der Waals surface area (Å²) in [5.41, 5.74) is 7.07. The van der Waals surface area contributed by atoms with E-state index in [1.807, 2.05) is 25.1 Å². The molecule has 0 heterocycles. The summed E-state index contributed by atoms with van der Waals surface area (Å²) < 4.78 is 5.15. The van der Waals surface area contributed by atoms with Gasteiger partial charge in [0.2, 0.25) is 5.91 Å². The summed E-state index contributed by atoms with van der Waals surface area (Å²) >= 11 is 0. The van der Waals surface area contributed by atoms with E-state index in [2.05, 4.69) is 17.2 Å². The minimum Gasteiger partial charge on any atom is -0.496 e. The van der Waals surface area contributed by atoms with Gasteiger partial charge in [0, 0.05) is 5.56 Å². The molecule has 1 aromatic carbocycles. The van der Waals surface area contributed by atoms with E-state index in [0.29, 0.717) is 6.54 Å². The van der Waals surface area contributed by atoms with Crippen LogP contribution in [0.4, 0.5) is 0 Å². The number of nitrogens with one attached hydrogen (secondary N) is 1. The average molecular weight is 232 g/mol. The highest BCUT2D eigenvalue weighted by Crippen LogP contribution is 2.17. The zero-order valence-electron chi connectivity index (χ0n) is 10.0. The number of rotatable bonds is 3. The third kappa shape index (κ3) is 4.17. The second-order valence-corrected chi connectivity index (χ2v) is 3.47. The molecule has 0 radical (unpaired) electrons. The van der Waals surface area contributed by atoms with Crippen LogP contribution in [0.2, 0.25) is 0 Å². The molecule has 0 atom stereocenters. The molecule has 4 heteroatoms. The molecule has 0 saturated heterocycles. The van der Waals surface area contributed by atoms with Crippen molar-refractivity contribution in [3.05, 3.63) is 29.3 Å². The molecule has 1 aromatic rings. The van der Waals surface area contributed by atoms with Crippen LogP contribution in [-0.4, -0.2) is 26.1 Å². The molecule has 3 N–H and O–H groups in total. The Labute approximate surface area is 101 Å². The molecule has 17 heavy (non-hydrogen) atoms.